The average molecular weight is 479 g/mol. The van der Waals surface area contributed by atoms with Crippen LogP contribution < -0.4 is 11.3 Å². The molecule has 1 aliphatic heterocycles. The minimum Gasteiger partial charge on any atom is -0.368 e. The van der Waals surface area contributed by atoms with Crippen LogP contribution in [0.15, 0.2) is 58.5 Å². The van der Waals surface area contributed by atoms with Crippen molar-refractivity contribution in [3.05, 3.63) is 64.4 Å². The highest BCUT2D eigenvalue weighted by Gasteiger charge is 2.30. The lowest BCUT2D eigenvalue weighted by Crippen LogP contribution is -2.51. The zero-order valence-corrected chi connectivity index (χ0v) is 20.2. The van der Waals surface area contributed by atoms with E-state index in [1.807, 2.05) is 36.4 Å². The van der Waals surface area contributed by atoms with Crippen LogP contribution in [0, 0.1) is 0 Å². The highest BCUT2D eigenvalue weighted by atomic mass is 32.2. The highest BCUT2D eigenvalue weighted by Crippen LogP contribution is 2.24. The fraction of sp³-hybridized carbons (Fsp3) is 0.385. The van der Waals surface area contributed by atoms with Crippen LogP contribution in [0.3, 0.4) is 0 Å². The van der Waals surface area contributed by atoms with Crippen LogP contribution in [-0.2, 0) is 16.0 Å². The first-order valence-electron chi connectivity index (χ1n) is 11.8. The largest absolute Gasteiger partial charge is 0.368 e. The van der Waals surface area contributed by atoms with Crippen molar-refractivity contribution in [3.8, 4) is 5.69 Å². The zero-order valence-electron chi connectivity index (χ0n) is 19.4. The van der Waals surface area contributed by atoms with Gasteiger partial charge in [-0.2, -0.15) is 0 Å². The number of para-hydroxylation sites is 1. The Labute approximate surface area is 203 Å². The van der Waals surface area contributed by atoms with E-state index in [2.05, 4.69) is 6.92 Å². The van der Waals surface area contributed by atoms with E-state index in [0.29, 0.717) is 34.7 Å². The van der Waals surface area contributed by atoms with Crippen LogP contribution in [0.1, 0.15) is 44.6 Å². The second kappa shape index (κ2) is 10.9. The Balaban J connectivity index is 1.65. The predicted octanol–water partition coefficient (Wildman–Crippen LogP) is 3.69. The van der Waals surface area contributed by atoms with Crippen molar-refractivity contribution in [2.75, 3.05) is 12.3 Å². The second-order valence-electron chi connectivity index (χ2n) is 8.61. The number of amides is 2. The molecule has 178 valence electrons. The summed E-state index contributed by atoms with van der Waals surface area (Å²) in [5.41, 5.74) is 7.88. The van der Waals surface area contributed by atoms with Gasteiger partial charge in [0.05, 0.1) is 22.3 Å². The van der Waals surface area contributed by atoms with Gasteiger partial charge in [-0.3, -0.25) is 19.0 Å². The number of hydrogen-bond donors (Lipinski definition) is 1. The highest BCUT2D eigenvalue weighted by molar-refractivity contribution is 7.99. The van der Waals surface area contributed by atoms with Crippen molar-refractivity contribution in [2.24, 2.45) is 5.73 Å². The molecule has 4 rings (SSSR count). The van der Waals surface area contributed by atoms with E-state index in [0.717, 1.165) is 32.1 Å². The summed E-state index contributed by atoms with van der Waals surface area (Å²) in [6.45, 7) is 2.68. The van der Waals surface area contributed by atoms with Crippen molar-refractivity contribution >= 4 is 34.5 Å². The normalized spacial score (nSPS) is 16.0. The van der Waals surface area contributed by atoms with Gasteiger partial charge < -0.3 is 10.6 Å². The van der Waals surface area contributed by atoms with Crippen LogP contribution in [-0.4, -0.2) is 44.6 Å². The summed E-state index contributed by atoms with van der Waals surface area (Å²) >= 11 is 1.21. The molecular weight excluding hydrogens is 448 g/mol. The molecule has 2 aromatic carbocycles. The molecule has 2 heterocycles. The number of benzene rings is 2. The average Bonchev–Trinajstić information content (AvgIpc) is 2.86. The maximum absolute atomic E-state index is 13.4. The third-order valence-electron chi connectivity index (χ3n) is 6.23. The molecule has 1 saturated heterocycles. The molecule has 34 heavy (non-hydrogen) atoms. The Kier molecular flexibility index (Phi) is 7.67. The Morgan fingerprint density at radius 1 is 1.12 bits per heavy atom. The van der Waals surface area contributed by atoms with Gasteiger partial charge in [-0.25, -0.2) is 4.98 Å². The molecule has 8 heteroatoms. The van der Waals surface area contributed by atoms with E-state index in [9.17, 15) is 14.4 Å². The van der Waals surface area contributed by atoms with Crippen molar-refractivity contribution in [2.45, 2.75) is 56.6 Å². The van der Waals surface area contributed by atoms with Gasteiger partial charge >= 0.3 is 0 Å². The number of unbranched alkanes of at least 4 members (excludes halogenated alkanes) is 1. The van der Waals surface area contributed by atoms with E-state index in [4.69, 9.17) is 10.7 Å². The van der Waals surface area contributed by atoms with Crippen LogP contribution in [0.25, 0.3) is 16.6 Å². The standard InChI is InChI=1S/C26H30N4O3S/c1-2-3-8-18-12-14-19(15-13-18)30-25(33)20-9-4-5-10-21(20)28-26(30)34-17-23(31)29-16-7-6-11-22(29)24(27)32/h4-5,9-10,12-15,22H,2-3,6-8,11,16-17H2,1H3,(H2,27,32). The molecule has 0 aliphatic carbocycles. The minimum absolute atomic E-state index is 0.0726. The maximum Gasteiger partial charge on any atom is 0.266 e. The third-order valence-corrected chi connectivity index (χ3v) is 7.16. The summed E-state index contributed by atoms with van der Waals surface area (Å²) in [4.78, 5) is 44.6. The van der Waals surface area contributed by atoms with Gasteiger partial charge in [0.1, 0.15) is 6.04 Å². The van der Waals surface area contributed by atoms with Gasteiger partial charge in [0, 0.05) is 6.54 Å². The van der Waals surface area contributed by atoms with Gasteiger partial charge in [0.25, 0.3) is 5.56 Å². The van der Waals surface area contributed by atoms with Crippen molar-refractivity contribution < 1.29 is 9.59 Å². The summed E-state index contributed by atoms with van der Waals surface area (Å²) in [6.07, 6.45) is 5.55. The molecule has 0 radical (unpaired) electrons. The van der Waals surface area contributed by atoms with Crippen LogP contribution >= 0.6 is 11.8 Å². The van der Waals surface area contributed by atoms with Crippen LogP contribution in [0.4, 0.5) is 0 Å². The molecule has 1 aromatic heterocycles. The fourth-order valence-corrected chi connectivity index (χ4v) is 5.26. The number of carbonyl (C=O) groups is 2. The number of thioether (sulfide) groups is 1. The summed E-state index contributed by atoms with van der Waals surface area (Å²) in [7, 11) is 0. The molecule has 0 bridgehead atoms. The number of primary amides is 1. The summed E-state index contributed by atoms with van der Waals surface area (Å²) in [5, 5.41) is 0.976. The van der Waals surface area contributed by atoms with Gasteiger partial charge in [-0.15, -0.1) is 0 Å². The van der Waals surface area contributed by atoms with E-state index < -0.39 is 11.9 Å². The first-order chi connectivity index (χ1) is 16.5. The van der Waals surface area contributed by atoms with Crippen LogP contribution in [0.2, 0.25) is 0 Å². The van der Waals surface area contributed by atoms with Gasteiger partial charge in [0.15, 0.2) is 5.16 Å². The third kappa shape index (κ3) is 5.17. The molecule has 2 amide bonds. The Morgan fingerprint density at radius 3 is 2.62 bits per heavy atom. The van der Waals surface area contributed by atoms with Crippen molar-refractivity contribution in [1.82, 2.24) is 14.5 Å². The number of hydrogen-bond acceptors (Lipinski definition) is 5. The predicted molar refractivity (Wildman–Crippen MR) is 135 cm³/mol. The Hall–Kier alpha value is -3.13. The second-order valence-corrected chi connectivity index (χ2v) is 9.55. The molecule has 1 atom stereocenters. The van der Waals surface area contributed by atoms with E-state index >= 15 is 0 Å². The molecule has 1 aliphatic rings. The number of nitrogens with two attached hydrogens (primary N) is 1. The molecule has 1 fully saturated rings. The first kappa shape index (κ1) is 24.0. The van der Waals surface area contributed by atoms with E-state index in [1.165, 1.54) is 17.3 Å². The number of carbonyl (C=O) groups excluding carboxylic acids is 2. The Bertz CT molecular complexity index is 1240. The molecule has 3 aromatic rings. The minimum atomic E-state index is -0.565. The molecule has 2 N–H and O–H groups in total. The van der Waals surface area contributed by atoms with Crippen molar-refractivity contribution in [1.29, 1.82) is 0 Å². The number of nitrogens with zero attached hydrogens (tertiary/aromatic N) is 3. The SMILES string of the molecule is CCCCc1ccc(-n2c(SCC(=O)N3CCCCC3C(N)=O)nc3ccccc3c2=O)cc1. The fourth-order valence-electron chi connectivity index (χ4n) is 4.36. The molecule has 0 saturated carbocycles. The molecular formula is C26H30N4O3S. The summed E-state index contributed by atoms with van der Waals surface area (Å²) in [5.74, 6) is -0.567. The van der Waals surface area contributed by atoms with Gasteiger partial charge in [0.2, 0.25) is 11.8 Å². The van der Waals surface area contributed by atoms with Crippen molar-refractivity contribution in [3.63, 3.8) is 0 Å². The molecule has 0 spiro atoms. The molecule has 1 unspecified atom stereocenters. The quantitative estimate of drug-likeness (QED) is 0.393. The number of piperidine rings is 1. The number of likely N-dealkylation sites (tertiary alicyclic amines) is 1. The summed E-state index contributed by atoms with van der Waals surface area (Å²) in [6, 6.07) is 14.6. The first-order valence-corrected chi connectivity index (χ1v) is 12.8. The number of rotatable bonds is 8. The summed E-state index contributed by atoms with van der Waals surface area (Å²) < 4.78 is 1.58. The lowest BCUT2D eigenvalue weighted by atomic mass is 10.0. The maximum atomic E-state index is 13.4. The molecule has 7 nitrogen and oxygen atoms in total. The zero-order chi connectivity index (χ0) is 24.1. The van der Waals surface area contributed by atoms with E-state index in [1.54, 1.807) is 21.6 Å². The number of fused-ring (bicyclic) bond motifs is 1. The number of aryl methyl sites for hydroxylation is 1. The van der Waals surface area contributed by atoms with Crippen LogP contribution in [0.5, 0.6) is 0 Å². The Morgan fingerprint density at radius 2 is 1.88 bits per heavy atom. The lowest BCUT2D eigenvalue weighted by Gasteiger charge is -2.33. The topological polar surface area (TPSA) is 98.3 Å². The number of aromatic nitrogens is 2. The van der Waals surface area contributed by atoms with Gasteiger partial charge in [-0.05, 0) is 61.9 Å². The van der Waals surface area contributed by atoms with E-state index in [-0.39, 0.29) is 17.2 Å². The lowest BCUT2D eigenvalue weighted by molar-refractivity contribution is -0.138. The monoisotopic (exact) mass is 478 g/mol. The smallest absolute Gasteiger partial charge is 0.266 e. The van der Waals surface area contributed by atoms with Gasteiger partial charge in [-0.1, -0.05) is 49.4 Å².